The van der Waals surface area contributed by atoms with Gasteiger partial charge in [0.2, 0.25) is 0 Å². The molecule has 0 amide bonds. The van der Waals surface area contributed by atoms with Gasteiger partial charge < -0.3 is 10.3 Å². The molecular weight excluding hydrogens is 342 g/mol. The van der Waals surface area contributed by atoms with Gasteiger partial charge in [0.25, 0.3) is 5.56 Å². The van der Waals surface area contributed by atoms with Crippen molar-refractivity contribution in [3.63, 3.8) is 0 Å². The first kappa shape index (κ1) is 17.4. The molecule has 4 nitrogen and oxygen atoms in total. The first-order chi connectivity index (χ1) is 12.5. The van der Waals surface area contributed by atoms with Gasteiger partial charge in [-0.2, -0.15) is 0 Å². The summed E-state index contributed by atoms with van der Waals surface area (Å²) in [5.74, 6) is 1.48. The maximum atomic E-state index is 12.8. The highest BCUT2D eigenvalue weighted by Crippen LogP contribution is 2.35. The van der Waals surface area contributed by atoms with E-state index < -0.39 is 0 Å². The predicted octanol–water partition coefficient (Wildman–Crippen LogP) is 3.50. The Balaban J connectivity index is 1.64. The topological polar surface area (TPSA) is 62.4 Å². The van der Waals surface area contributed by atoms with Gasteiger partial charge in [-0.3, -0.25) is 4.79 Å². The number of aromatic amines is 1. The molecule has 136 valence electrons. The summed E-state index contributed by atoms with van der Waals surface area (Å²) in [4.78, 5) is 23.0. The van der Waals surface area contributed by atoms with E-state index in [1.807, 2.05) is 6.07 Å². The normalized spacial score (nSPS) is 19.3. The zero-order chi connectivity index (χ0) is 18.3. The lowest BCUT2D eigenvalue weighted by atomic mass is 9.89. The lowest BCUT2D eigenvalue weighted by molar-refractivity contribution is -0.729. The van der Waals surface area contributed by atoms with Crippen LogP contribution in [0.2, 0.25) is 0 Å². The lowest BCUT2D eigenvalue weighted by Crippen LogP contribution is -2.85. The van der Waals surface area contributed by atoms with Crippen LogP contribution in [0.1, 0.15) is 61.1 Å². The molecule has 26 heavy (non-hydrogen) atoms. The molecule has 4 rings (SSSR count). The molecule has 2 aromatic heterocycles. The minimum absolute atomic E-state index is 0.0321. The molecule has 1 aliphatic rings. The Kier molecular flexibility index (Phi) is 4.67. The highest BCUT2D eigenvalue weighted by atomic mass is 32.1. The molecule has 3 aromatic rings. The highest BCUT2D eigenvalue weighted by Gasteiger charge is 2.24. The molecule has 0 spiro atoms. The Labute approximate surface area is 157 Å². The largest absolute Gasteiger partial charge is 0.332 e. The number of quaternary nitrogens is 1. The number of fused-ring (bicyclic) bond motifs is 3. The number of nitrogens with two attached hydrogens (primary N) is 1. The number of thiophene rings is 1. The molecular formula is C21H26N3OS+. The number of hydrogen-bond acceptors (Lipinski definition) is 3. The summed E-state index contributed by atoms with van der Waals surface area (Å²) in [6.45, 7) is 6.59. The van der Waals surface area contributed by atoms with E-state index in [1.54, 1.807) is 11.3 Å². The van der Waals surface area contributed by atoms with Crippen LogP contribution in [0, 0.1) is 5.92 Å². The van der Waals surface area contributed by atoms with Crippen molar-refractivity contribution in [1.29, 1.82) is 0 Å². The van der Waals surface area contributed by atoms with Gasteiger partial charge in [-0.25, -0.2) is 4.98 Å². The molecule has 5 heteroatoms. The quantitative estimate of drug-likeness (QED) is 0.740. The standard InChI is InChI=1S/C21H25N3OS/c1-12-9-10-16-17(11-12)26-21-18(16)20(25)23-19(24-21)14(3)22-13(2)15-7-5-4-6-8-15/h4-8,12-14,22H,9-11H2,1-3H3,(H,23,24,25)/p+1/t12-,13-,14+/m0/s1. The monoisotopic (exact) mass is 368 g/mol. The van der Waals surface area contributed by atoms with Crippen molar-refractivity contribution in [3.8, 4) is 0 Å². The van der Waals surface area contributed by atoms with Crippen molar-refractivity contribution < 1.29 is 5.32 Å². The first-order valence-electron chi connectivity index (χ1n) is 9.47. The average molecular weight is 369 g/mol. The number of aromatic nitrogens is 2. The summed E-state index contributed by atoms with van der Waals surface area (Å²) in [5, 5.41) is 3.10. The third kappa shape index (κ3) is 3.21. The number of benzene rings is 1. The second-order valence-electron chi connectivity index (χ2n) is 7.66. The smallest absolute Gasteiger partial charge is 0.260 e. The maximum Gasteiger partial charge on any atom is 0.260 e. The molecule has 3 N–H and O–H groups in total. The molecule has 2 heterocycles. The van der Waals surface area contributed by atoms with Gasteiger partial charge in [0.1, 0.15) is 16.9 Å². The molecule has 0 unspecified atom stereocenters. The van der Waals surface area contributed by atoms with Gasteiger partial charge in [-0.15, -0.1) is 11.3 Å². The molecule has 1 aliphatic carbocycles. The zero-order valence-electron chi connectivity index (χ0n) is 15.6. The van der Waals surface area contributed by atoms with E-state index in [2.05, 4.69) is 55.3 Å². The Morgan fingerprint density at radius 2 is 2.00 bits per heavy atom. The van der Waals surface area contributed by atoms with E-state index >= 15 is 0 Å². The summed E-state index contributed by atoms with van der Waals surface area (Å²) in [6, 6.07) is 10.8. The summed E-state index contributed by atoms with van der Waals surface area (Å²) in [6.07, 6.45) is 3.25. The van der Waals surface area contributed by atoms with Crippen molar-refractivity contribution in [1.82, 2.24) is 9.97 Å². The predicted molar refractivity (Wildman–Crippen MR) is 107 cm³/mol. The Morgan fingerprint density at radius 3 is 2.77 bits per heavy atom. The van der Waals surface area contributed by atoms with Gasteiger partial charge in [-0.1, -0.05) is 37.3 Å². The number of nitrogens with one attached hydrogen (secondary N) is 1. The summed E-state index contributed by atoms with van der Waals surface area (Å²) < 4.78 is 0. The van der Waals surface area contributed by atoms with Crippen LogP contribution >= 0.6 is 11.3 Å². The minimum Gasteiger partial charge on any atom is -0.332 e. The Morgan fingerprint density at radius 1 is 1.23 bits per heavy atom. The Bertz CT molecular complexity index is 976. The van der Waals surface area contributed by atoms with Crippen molar-refractivity contribution in [2.75, 3.05) is 0 Å². The molecule has 0 saturated carbocycles. The molecule has 0 saturated heterocycles. The van der Waals surface area contributed by atoms with Crippen molar-refractivity contribution in [2.45, 2.75) is 52.1 Å². The van der Waals surface area contributed by atoms with Crippen molar-refractivity contribution >= 4 is 21.6 Å². The molecule has 3 atom stereocenters. The second-order valence-corrected chi connectivity index (χ2v) is 8.75. The molecule has 0 radical (unpaired) electrons. The molecule has 0 aliphatic heterocycles. The van der Waals surface area contributed by atoms with Crippen LogP contribution in [0.4, 0.5) is 0 Å². The van der Waals surface area contributed by atoms with E-state index in [9.17, 15) is 4.79 Å². The van der Waals surface area contributed by atoms with Gasteiger partial charge in [-0.05, 0) is 44.6 Å². The van der Waals surface area contributed by atoms with E-state index in [1.165, 1.54) is 22.4 Å². The fourth-order valence-corrected chi connectivity index (χ4v) is 5.36. The molecule has 0 bridgehead atoms. The third-order valence-electron chi connectivity index (χ3n) is 5.52. The lowest BCUT2D eigenvalue weighted by Gasteiger charge is -2.17. The highest BCUT2D eigenvalue weighted by molar-refractivity contribution is 7.18. The van der Waals surface area contributed by atoms with E-state index in [4.69, 9.17) is 4.98 Å². The van der Waals surface area contributed by atoms with Gasteiger partial charge >= 0.3 is 0 Å². The number of H-pyrrole nitrogens is 1. The van der Waals surface area contributed by atoms with Crippen molar-refractivity contribution in [3.05, 3.63) is 62.5 Å². The van der Waals surface area contributed by atoms with E-state index in [-0.39, 0.29) is 11.6 Å². The van der Waals surface area contributed by atoms with Crippen molar-refractivity contribution in [2.24, 2.45) is 5.92 Å². The SMILES string of the molecule is C[C@H]1CCc2c(sc3nc([C@@H](C)[NH2+][C@@H](C)c4ccccc4)[nH]c(=O)c23)C1. The van der Waals surface area contributed by atoms with Crippen LogP contribution in [0.15, 0.2) is 35.1 Å². The minimum atomic E-state index is 0.0321. The maximum absolute atomic E-state index is 12.8. The molecule has 1 aromatic carbocycles. The van der Waals surface area contributed by atoms with Crippen LogP contribution in [0.5, 0.6) is 0 Å². The van der Waals surface area contributed by atoms with Gasteiger partial charge in [0, 0.05) is 10.4 Å². The number of rotatable bonds is 4. The average Bonchev–Trinajstić information content (AvgIpc) is 3.00. The van der Waals surface area contributed by atoms with Crippen LogP contribution in [-0.2, 0) is 12.8 Å². The van der Waals surface area contributed by atoms with Crippen LogP contribution in [0.25, 0.3) is 10.2 Å². The van der Waals surface area contributed by atoms with Crippen LogP contribution < -0.4 is 10.9 Å². The van der Waals surface area contributed by atoms with Crippen LogP contribution in [0.3, 0.4) is 0 Å². The van der Waals surface area contributed by atoms with E-state index in [0.717, 1.165) is 28.9 Å². The van der Waals surface area contributed by atoms with E-state index in [0.29, 0.717) is 12.0 Å². The molecule has 0 fully saturated rings. The summed E-state index contributed by atoms with van der Waals surface area (Å²) >= 11 is 1.72. The number of aryl methyl sites for hydroxylation is 1. The second kappa shape index (κ2) is 6.97. The first-order valence-corrected chi connectivity index (χ1v) is 10.3. The van der Waals surface area contributed by atoms with Crippen LogP contribution in [-0.4, -0.2) is 9.97 Å². The Hall–Kier alpha value is -1.98. The van der Waals surface area contributed by atoms with Gasteiger partial charge in [0.05, 0.1) is 5.39 Å². The summed E-state index contributed by atoms with van der Waals surface area (Å²) in [5.41, 5.74) is 2.56. The zero-order valence-corrected chi connectivity index (χ0v) is 16.4. The van der Waals surface area contributed by atoms with Gasteiger partial charge in [0.15, 0.2) is 5.82 Å². The fourth-order valence-electron chi connectivity index (χ4n) is 3.97. The number of hydrogen-bond donors (Lipinski definition) is 2. The number of nitrogens with zero attached hydrogens (tertiary/aromatic N) is 1. The fraction of sp³-hybridized carbons (Fsp3) is 0.429. The third-order valence-corrected chi connectivity index (χ3v) is 6.67. The summed E-state index contributed by atoms with van der Waals surface area (Å²) in [7, 11) is 0.